The van der Waals surface area contributed by atoms with Crippen LogP contribution in [0, 0.1) is 24.1 Å². The first-order valence-electron chi connectivity index (χ1n) is 11.3. The van der Waals surface area contributed by atoms with E-state index in [9.17, 15) is 24.0 Å². The van der Waals surface area contributed by atoms with Crippen molar-refractivity contribution in [3.05, 3.63) is 92.8 Å². The van der Waals surface area contributed by atoms with Crippen molar-refractivity contribution in [2.45, 2.75) is 19.4 Å². The molecule has 4 rings (SSSR count). The topological polar surface area (TPSA) is 166 Å². The first-order valence-corrected chi connectivity index (χ1v) is 11.7. The Morgan fingerprint density at radius 3 is 2.62 bits per heavy atom. The molecule has 2 aromatic carbocycles. The lowest BCUT2D eigenvalue weighted by molar-refractivity contribution is -0.119. The van der Waals surface area contributed by atoms with Crippen LogP contribution in [0.25, 0.3) is 11.1 Å². The predicted molar refractivity (Wildman–Crippen MR) is 138 cm³/mol. The Labute approximate surface area is 225 Å². The third kappa shape index (κ3) is 5.78. The number of amides is 2. The second-order valence-corrected chi connectivity index (χ2v) is 8.72. The summed E-state index contributed by atoms with van der Waals surface area (Å²) in [6, 6.07) is 9.95. The zero-order valence-electron chi connectivity index (χ0n) is 20.6. The van der Waals surface area contributed by atoms with Crippen LogP contribution >= 0.6 is 11.6 Å². The van der Waals surface area contributed by atoms with Gasteiger partial charge in [0.2, 0.25) is 17.7 Å². The summed E-state index contributed by atoms with van der Waals surface area (Å²) in [6.45, 7) is 1.57. The fourth-order valence-electron chi connectivity index (χ4n) is 3.90. The van der Waals surface area contributed by atoms with E-state index in [1.807, 2.05) is 0 Å². The maximum Gasteiger partial charge on any atom is 0.252 e. The quantitative estimate of drug-likeness (QED) is 0.336. The summed E-state index contributed by atoms with van der Waals surface area (Å²) in [7, 11) is 1.36. The maximum atomic E-state index is 14.3. The zero-order valence-corrected chi connectivity index (χ0v) is 21.3. The highest BCUT2D eigenvalue weighted by Gasteiger charge is 2.27. The normalized spacial score (nSPS) is 11.5. The largest absolute Gasteiger partial charge is 0.495 e. The second-order valence-electron chi connectivity index (χ2n) is 8.29. The minimum Gasteiger partial charge on any atom is -0.495 e. The number of pyridine rings is 1. The molecule has 1 unspecified atom stereocenters. The number of carbonyl (C=O) groups is 2. The van der Waals surface area contributed by atoms with Crippen molar-refractivity contribution in [2.24, 2.45) is 5.73 Å². The van der Waals surface area contributed by atoms with E-state index in [-0.39, 0.29) is 46.3 Å². The van der Waals surface area contributed by atoms with E-state index in [4.69, 9.17) is 26.5 Å². The summed E-state index contributed by atoms with van der Waals surface area (Å²) < 4.78 is 26.3. The van der Waals surface area contributed by atoms with Gasteiger partial charge in [0, 0.05) is 34.8 Å². The molecular weight excluding hydrogens is 531 g/mol. The van der Waals surface area contributed by atoms with Gasteiger partial charge in [-0.15, -0.1) is 10.2 Å². The molecule has 198 valence electrons. The standard InChI is InChI=1S/C26H20ClFN6O5/c1-13-32-33-23(39-13)10-21(26(37)31-16-5-6-17(25(30)36)20(28)8-16)34-12-22(38-2)19(9-24(34)35)18-7-15(27)4-3-14(18)11-29/h3-9,12,21H,10H2,1-2H3,(H2,30,36)(H,31,37). The van der Waals surface area contributed by atoms with Gasteiger partial charge in [-0.25, -0.2) is 4.39 Å². The molecule has 0 saturated carbocycles. The van der Waals surface area contributed by atoms with Gasteiger partial charge in [-0.3, -0.25) is 19.0 Å². The van der Waals surface area contributed by atoms with Gasteiger partial charge in [-0.05, 0) is 36.4 Å². The third-order valence-corrected chi connectivity index (χ3v) is 5.97. The van der Waals surface area contributed by atoms with Crippen LogP contribution in [0.3, 0.4) is 0 Å². The number of methoxy groups -OCH3 is 1. The van der Waals surface area contributed by atoms with Gasteiger partial charge in [-0.2, -0.15) is 5.26 Å². The number of nitrogens with two attached hydrogens (primary N) is 1. The Hall–Kier alpha value is -5.02. The highest BCUT2D eigenvalue weighted by molar-refractivity contribution is 6.31. The lowest BCUT2D eigenvalue weighted by Crippen LogP contribution is -2.34. The van der Waals surface area contributed by atoms with Crippen LogP contribution < -0.4 is 21.3 Å². The van der Waals surface area contributed by atoms with Crippen molar-refractivity contribution >= 4 is 29.1 Å². The molecule has 0 bridgehead atoms. The maximum absolute atomic E-state index is 14.3. The molecule has 0 spiro atoms. The number of benzene rings is 2. The number of nitriles is 1. The van der Waals surface area contributed by atoms with E-state index in [0.29, 0.717) is 10.6 Å². The molecule has 0 aliphatic rings. The third-order valence-electron chi connectivity index (χ3n) is 5.73. The first-order chi connectivity index (χ1) is 18.6. The average Bonchev–Trinajstić information content (AvgIpc) is 3.31. The molecule has 39 heavy (non-hydrogen) atoms. The number of anilines is 1. The number of carbonyl (C=O) groups excluding carboxylic acids is 2. The molecule has 11 nitrogen and oxygen atoms in total. The van der Waals surface area contributed by atoms with Gasteiger partial charge in [0.05, 0.1) is 36.9 Å². The lowest BCUT2D eigenvalue weighted by atomic mass is 10.00. The minimum atomic E-state index is -1.26. The first kappa shape index (κ1) is 27.0. The van der Waals surface area contributed by atoms with Gasteiger partial charge in [-0.1, -0.05) is 11.6 Å². The van der Waals surface area contributed by atoms with Crippen LogP contribution in [0.4, 0.5) is 10.1 Å². The van der Waals surface area contributed by atoms with Crippen molar-refractivity contribution in [3.63, 3.8) is 0 Å². The number of primary amides is 1. The molecule has 0 aliphatic carbocycles. The molecule has 2 aromatic heterocycles. The fraction of sp³-hybridized carbons (Fsp3) is 0.154. The summed E-state index contributed by atoms with van der Waals surface area (Å²) >= 11 is 6.13. The minimum absolute atomic E-state index is 0.0171. The molecule has 0 fully saturated rings. The monoisotopic (exact) mass is 550 g/mol. The van der Waals surface area contributed by atoms with Crippen LogP contribution in [0.15, 0.2) is 57.9 Å². The Bertz CT molecular complexity index is 1690. The molecule has 1 atom stereocenters. The van der Waals surface area contributed by atoms with Gasteiger partial charge >= 0.3 is 0 Å². The van der Waals surface area contributed by atoms with E-state index in [0.717, 1.165) is 16.7 Å². The highest BCUT2D eigenvalue weighted by atomic mass is 35.5. The van der Waals surface area contributed by atoms with Gasteiger partial charge < -0.3 is 20.2 Å². The van der Waals surface area contributed by atoms with Crippen LogP contribution in [0.2, 0.25) is 5.02 Å². The smallest absolute Gasteiger partial charge is 0.252 e. The molecule has 3 N–H and O–H groups in total. The number of nitrogens with one attached hydrogen (secondary N) is 1. The number of halogens is 2. The van der Waals surface area contributed by atoms with E-state index in [1.54, 1.807) is 13.0 Å². The molecule has 4 aromatic rings. The van der Waals surface area contributed by atoms with E-state index >= 15 is 0 Å². The summed E-state index contributed by atoms with van der Waals surface area (Å²) in [5, 5.41) is 20.1. The number of aromatic nitrogens is 3. The Balaban J connectivity index is 1.79. The number of hydrogen-bond acceptors (Lipinski definition) is 8. The van der Waals surface area contributed by atoms with Crippen molar-refractivity contribution in [2.75, 3.05) is 12.4 Å². The van der Waals surface area contributed by atoms with Gasteiger partial charge in [0.15, 0.2) is 0 Å². The average molecular weight is 551 g/mol. The summed E-state index contributed by atoms with van der Waals surface area (Å²) in [5.74, 6) is -2.13. The summed E-state index contributed by atoms with van der Waals surface area (Å²) in [6.07, 6.45) is 1.11. The van der Waals surface area contributed by atoms with E-state index in [1.165, 1.54) is 37.6 Å². The number of ether oxygens (including phenoxy) is 1. The molecular formula is C26H20ClFN6O5. The Morgan fingerprint density at radius 1 is 1.23 bits per heavy atom. The fourth-order valence-corrected chi connectivity index (χ4v) is 4.08. The molecule has 13 heteroatoms. The molecule has 0 aliphatic heterocycles. The number of nitrogens with zero attached hydrogens (tertiary/aromatic N) is 4. The number of aryl methyl sites for hydroxylation is 1. The lowest BCUT2D eigenvalue weighted by Gasteiger charge is -2.20. The van der Waals surface area contributed by atoms with Crippen molar-refractivity contribution in [1.82, 2.24) is 14.8 Å². The predicted octanol–water partition coefficient (Wildman–Crippen LogP) is 3.40. The van der Waals surface area contributed by atoms with E-state index in [2.05, 4.69) is 21.6 Å². The number of rotatable bonds is 8. The summed E-state index contributed by atoms with van der Waals surface area (Å²) in [5.41, 5.74) is 5.09. The second kappa shape index (κ2) is 11.2. The van der Waals surface area contributed by atoms with Crippen molar-refractivity contribution in [1.29, 1.82) is 5.26 Å². The zero-order chi connectivity index (χ0) is 28.3. The molecule has 2 heterocycles. The van der Waals surface area contributed by atoms with Crippen LogP contribution in [-0.4, -0.2) is 33.7 Å². The van der Waals surface area contributed by atoms with Crippen LogP contribution in [0.1, 0.15) is 33.7 Å². The van der Waals surface area contributed by atoms with Crippen LogP contribution in [0.5, 0.6) is 5.75 Å². The van der Waals surface area contributed by atoms with Crippen LogP contribution in [-0.2, 0) is 11.2 Å². The van der Waals surface area contributed by atoms with Crippen molar-refractivity contribution in [3.8, 4) is 22.9 Å². The Kier molecular flexibility index (Phi) is 7.73. The molecule has 0 saturated heterocycles. The molecule has 0 radical (unpaired) electrons. The van der Waals surface area contributed by atoms with Crippen molar-refractivity contribution < 1.29 is 23.1 Å². The van der Waals surface area contributed by atoms with Gasteiger partial charge in [0.25, 0.3) is 11.5 Å². The highest BCUT2D eigenvalue weighted by Crippen LogP contribution is 2.33. The van der Waals surface area contributed by atoms with E-state index < -0.39 is 29.2 Å². The van der Waals surface area contributed by atoms with Gasteiger partial charge in [0.1, 0.15) is 17.6 Å². The molecule has 2 amide bonds. The Morgan fingerprint density at radius 2 is 2.00 bits per heavy atom. The number of hydrogen-bond donors (Lipinski definition) is 2. The summed E-state index contributed by atoms with van der Waals surface area (Å²) in [4.78, 5) is 38.1. The SMILES string of the molecule is COc1cn(C(Cc2nnc(C)o2)C(=O)Nc2ccc(C(N)=O)c(F)c2)c(=O)cc1-c1cc(Cl)ccc1C#N.